The Morgan fingerprint density at radius 1 is 1.22 bits per heavy atom. The zero-order valence-corrected chi connectivity index (χ0v) is 12.3. The predicted molar refractivity (Wildman–Crippen MR) is 80.3 cm³/mol. The van der Waals surface area contributed by atoms with Crippen LogP contribution in [0.3, 0.4) is 0 Å². The molecule has 2 fully saturated rings. The molecular formula is C15H20ClNS. The highest BCUT2D eigenvalue weighted by molar-refractivity contribution is 7.81. The Balaban J connectivity index is 1.86. The summed E-state index contributed by atoms with van der Waals surface area (Å²) < 4.78 is 0. The number of hydrogen-bond acceptors (Lipinski definition) is 2. The molecule has 0 heterocycles. The maximum Gasteiger partial charge on any atom is 0.0406 e. The molecule has 5 atom stereocenters. The minimum Gasteiger partial charge on any atom is -0.313 e. The van der Waals surface area contributed by atoms with Crippen LogP contribution < -0.4 is 5.32 Å². The van der Waals surface area contributed by atoms with Crippen LogP contribution in [-0.4, -0.2) is 12.3 Å². The number of thiol groups is 1. The minimum atomic E-state index is 0.417. The fraction of sp³-hybridized carbons (Fsp3) is 0.600. The Kier molecular flexibility index (Phi) is 3.61. The first kappa shape index (κ1) is 12.8. The van der Waals surface area contributed by atoms with E-state index < -0.39 is 0 Å². The Morgan fingerprint density at radius 2 is 1.89 bits per heavy atom. The molecule has 3 rings (SSSR count). The van der Waals surface area contributed by atoms with Crippen molar-refractivity contribution >= 4 is 24.2 Å². The van der Waals surface area contributed by atoms with E-state index in [1.807, 2.05) is 12.1 Å². The van der Waals surface area contributed by atoms with Crippen molar-refractivity contribution in [3.63, 3.8) is 0 Å². The largest absolute Gasteiger partial charge is 0.313 e. The van der Waals surface area contributed by atoms with Gasteiger partial charge in [0, 0.05) is 16.3 Å². The number of benzene rings is 1. The van der Waals surface area contributed by atoms with Crippen molar-refractivity contribution in [3.8, 4) is 0 Å². The molecule has 18 heavy (non-hydrogen) atoms. The van der Waals surface area contributed by atoms with E-state index in [0.717, 1.165) is 16.9 Å². The maximum atomic E-state index is 5.98. The van der Waals surface area contributed by atoms with Gasteiger partial charge in [-0.1, -0.05) is 23.7 Å². The second-order valence-corrected chi connectivity index (χ2v) is 6.75. The van der Waals surface area contributed by atoms with Gasteiger partial charge in [0.15, 0.2) is 0 Å². The molecular weight excluding hydrogens is 262 g/mol. The standard InChI is InChI=1S/C15H20ClNS/c1-17-14(9-4-6-12(16)7-5-9)13-10-2-3-11(8-10)15(13)18/h4-7,10-11,13-15,17-18H,2-3,8H2,1H3/t10-,11+,13+,14+,15+/m0/s1. The van der Waals surface area contributed by atoms with Crippen molar-refractivity contribution < 1.29 is 0 Å². The number of halogens is 1. The molecule has 0 unspecified atom stereocenters. The molecule has 1 aromatic rings. The number of nitrogens with one attached hydrogen (secondary N) is 1. The molecule has 1 nitrogen and oxygen atoms in total. The van der Waals surface area contributed by atoms with E-state index in [4.69, 9.17) is 24.2 Å². The average Bonchev–Trinajstić information content (AvgIpc) is 2.95. The Morgan fingerprint density at radius 3 is 2.44 bits per heavy atom. The molecule has 0 amide bonds. The number of rotatable bonds is 3. The van der Waals surface area contributed by atoms with Crippen LogP contribution in [0.5, 0.6) is 0 Å². The van der Waals surface area contributed by atoms with E-state index in [1.165, 1.54) is 24.8 Å². The Bertz CT molecular complexity index is 417. The van der Waals surface area contributed by atoms with Gasteiger partial charge in [0.2, 0.25) is 0 Å². The monoisotopic (exact) mass is 281 g/mol. The van der Waals surface area contributed by atoms with Crippen molar-refractivity contribution in [2.75, 3.05) is 7.05 Å². The second-order valence-electron chi connectivity index (χ2n) is 5.72. The highest BCUT2D eigenvalue weighted by Gasteiger charge is 2.48. The van der Waals surface area contributed by atoms with Crippen LogP contribution >= 0.6 is 24.2 Å². The third-order valence-corrected chi connectivity index (χ3v) is 5.88. The molecule has 3 heteroatoms. The van der Waals surface area contributed by atoms with E-state index in [1.54, 1.807) is 0 Å². The number of hydrogen-bond donors (Lipinski definition) is 2. The fourth-order valence-electron chi connectivity index (χ4n) is 4.03. The first-order chi connectivity index (χ1) is 8.70. The lowest BCUT2D eigenvalue weighted by atomic mass is 9.80. The molecule has 0 spiro atoms. The third-order valence-electron chi connectivity index (χ3n) is 4.86. The molecule has 1 N–H and O–H groups in total. The van der Waals surface area contributed by atoms with Crippen LogP contribution in [0, 0.1) is 17.8 Å². The molecule has 2 saturated carbocycles. The van der Waals surface area contributed by atoms with Crippen molar-refractivity contribution in [2.45, 2.75) is 30.6 Å². The zero-order valence-electron chi connectivity index (χ0n) is 10.6. The summed E-state index contributed by atoms with van der Waals surface area (Å²) in [6.45, 7) is 0. The zero-order chi connectivity index (χ0) is 12.7. The van der Waals surface area contributed by atoms with Crippen LogP contribution in [0.4, 0.5) is 0 Å². The molecule has 2 aliphatic rings. The summed E-state index contributed by atoms with van der Waals surface area (Å²) in [5.41, 5.74) is 1.35. The molecule has 1 aromatic carbocycles. The van der Waals surface area contributed by atoms with Crippen molar-refractivity contribution in [1.29, 1.82) is 0 Å². The van der Waals surface area contributed by atoms with Crippen LogP contribution in [0.2, 0.25) is 5.02 Å². The first-order valence-electron chi connectivity index (χ1n) is 6.81. The SMILES string of the molecule is CN[C@H](c1ccc(Cl)cc1)[C@H]1[C@H]2CC[C@H](C2)[C@H]1S. The topological polar surface area (TPSA) is 12.0 Å². The van der Waals surface area contributed by atoms with Crippen LogP contribution in [0.15, 0.2) is 24.3 Å². The van der Waals surface area contributed by atoms with E-state index in [0.29, 0.717) is 17.2 Å². The van der Waals surface area contributed by atoms with E-state index in [9.17, 15) is 0 Å². The highest BCUT2D eigenvalue weighted by Crippen LogP contribution is 2.54. The van der Waals surface area contributed by atoms with Crippen molar-refractivity contribution in [1.82, 2.24) is 5.32 Å². The molecule has 2 bridgehead atoms. The van der Waals surface area contributed by atoms with Crippen molar-refractivity contribution in [2.24, 2.45) is 17.8 Å². The van der Waals surface area contributed by atoms with Gasteiger partial charge in [0.05, 0.1) is 0 Å². The van der Waals surface area contributed by atoms with Crippen LogP contribution in [0.1, 0.15) is 30.9 Å². The summed E-state index contributed by atoms with van der Waals surface area (Å²) in [5.74, 6) is 2.36. The maximum absolute atomic E-state index is 5.98. The van der Waals surface area contributed by atoms with Gasteiger partial charge in [-0.2, -0.15) is 12.6 Å². The van der Waals surface area contributed by atoms with Crippen LogP contribution in [-0.2, 0) is 0 Å². The summed E-state index contributed by atoms with van der Waals surface area (Å²) in [4.78, 5) is 0. The summed E-state index contributed by atoms with van der Waals surface area (Å²) in [5, 5.41) is 4.86. The minimum absolute atomic E-state index is 0.417. The lowest BCUT2D eigenvalue weighted by Gasteiger charge is -2.34. The van der Waals surface area contributed by atoms with Gasteiger partial charge >= 0.3 is 0 Å². The highest BCUT2D eigenvalue weighted by atomic mass is 35.5. The molecule has 0 aliphatic heterocycles. The van der Waals surface area contributed by atoms with Crippen molar-refractivity contribution in [3.05, 3.63) is 34.9 Å². The molecule has 0 aromatic heterocycles. The average molecular weight is 282 g/mol. The molecule has 0 radical (unpaired) electrons. The van der Waals surface area contributed by atoms with Gasteiger partial charge in [0.1, 0.15) is 0 Å². The molecule has 98 valence electrons. The lowest BCUT2D eigenvalue weighted by Crippen LogP contribution is -2.35. The third kappa shape index (κ3) is 2.09. The fourth-order valence-corrected chi connectivity index (χ4v) is 4.84. The summed E-state index contributed by atoms with van der Waals surface area (Å²) >= 11 is 10.9. The van der Waals surface area contributed by atoms with Gasteiger partial charge in [-0.15, -0.1) is 0 Å². The summed E-state index contributed by atoms with van der Waals surface area (Å²) in [6, 6.07) is 8.69. The first-order valence-corrected chi connectivity index (χ1v) is 7.71. The second kappa shape index (κ2) is 5.07. The smallest absolute Gasteiger partial charge is 0.0406 e. The van der Waals surface area contributed by atoms with Gasteiger partial charge in [0.25, 0.3) is 0 Å². The predicted octanol–water partition coefficient (Wildman–Crippen LogP) is 3.95. The molecule has 2 aliphatic carbocycles. The molecule has 0 saturated heterocycles. The Labute approximate surface area is 120 Å². The van der Waals surface area contributed by atoms with E-state index in [2.05, 4.69) is 24.5 Å². The van der Waals surface area contributed by atoms with Gasteiger partial charge < -0.3 is 5.32 Å². The Hall–Kier alpha value is -0.180. The number of fused-ring (bicyclic) bond motifs is 2. The summed E-state index contributed by atoms with van der Waals surface area (Å²) in [7, 11) is 2.06. The van der Waals surface area contributed by atoms with Gasteiger partial charge in [-0.05, 0) is 61.8 Å². The lowest BCUT2D eigenvalue weighted by molar-refractivity contribution is 0.269. The van der Waals surface area contributed by atoms with E-state index >= 15 is 0 Å². The normalized spacial score (nSPS) is 35.9. The van der Waals surface area contributed by atoms with Gasteiger partial charge in [-0.3, -0.25) is 0 Å². The quantitative estimate of drug-likeness (QED) is 0.800. The van der Waals surface area contributed by atoms with E-state index in [-0.39, 0.29) is 0 Å². The van der Waals surface area contributed by atoms with Crippen LogP contribution in [0.25, 0.3) is 0 Å². The van der Waals surface area contributed by atoms with Gasteiger partial charge in [-0.25, -0.2) is 0 Å². The summed E-state index contributed by atoms with van der Waals surface area (Å²) in [6.07, 6.45) is 4.15.